The van der Waals surface area contributed by atoms with Crippen LogP contribution < -0.4 is 9.47 Å². The van der Waals surface area contributed by atoms with Gasteiger partial charge in [-0.1, -0.05) is 76.8 Å². The highest BCUT2D eigenvalue weighted by Crippen LogP contribution is 2.25. The summed E-state index contributed by atoms with van der Waals surface area (Å²) in [5.74, 6) is 2.82. The van der Waals surface area contributed by atoms with Gasteiger partial charge in [0.1, 0.15) is 11.5 Å². The van der Waals surface area contributed by atoms with Crippen molar-refractivity contribution in [3.05, 3.63) is 48.5 Å². The summed E-state index contributed by atoms with van der Waals surface area (Å²) >= 11 is 0. The fraction of sp³-hybridized carbons (Fsp3) is 0.517. The summed E-state index contributed by atoms with van der Waals surface area (Å²) in [6, 6.07) is 15.7. The van der Waals surface area contributed by atoms with Gasteiger partial charge < -0.3 is 14.0 Å². The van der Waals surface area contributed by atoms with E-state index in [0.717, 1.165) is 48.7 Å². The molecule has 0 saturated carbocycles. The van der Waals surface area contributed by atoms with Crippen LogP contribution in [0.3, 0.4) is 0 Å². The van der Waals surface area contributed by atoms with E-state index in [4.69, 9.17) is 14.0 Å². The lowest BCUT2D eigenvalue weighted by atomic mass is 10.1. The molecule has 0 N–H and O–H groups in total. The fourth-order valence-corrected chi connectivity index (χ4v) is 3.82. The number of hydrogen-bond donors (Lipinski definition) is 0. The Labute approximate surface area is 204 Å². The van der Waals surface area contributed by atoms with Crippen LogP contribution in [0.2, 0.25) is 0 Å². The van der Waals surface area contributed by atoms with Gasteiger partial charge in [0.25, 0.3) is 5.89 Å². The molecule has 0 spiro atoms. The van der Waals surface area contributed by atoms with E-state index in [1.54, 1.807) is 0 Å². The van der Waals surface area contributed by atoms with Crippen LogP contribution in [0.25, 0.3) is 22.8 Å². The quantitative estimate of drug-likeness (QED) is 0.187. The van der Waals surface area contributed by atoms with Gasteiger partial charge in [-0.15, -0.1) is 0 Å². The molecule has 0 aliphatic heterocycles. The standard InChI is InChI=1S/C29H40N2O3/c1-3-5-7-9-10-11-13-23-33-27-20-16-25(17-21-27)29-30-28(31-34-29)24-14-18-26(19-15-24)32-22-12-8-6-4-2/h14-21H,3-13,22-23H2,1-2H3. The van der Waals surface area contributed by atoms with Gasteiger partial charge in [-0.05, 0) is 61.4 Å². The van der Waals surface area contributed by atoms with Crippen molar-refractivity contribution in [1.82, 2.24) is 10.1 Å². The molecule has 0 saturated heterocycles. The zero-order valence-electron chi connectivity index (χ0n) is 20.9. The second-order valence-corrected chi connectivity index (χ2v) is 8.85. The Balaban J connectivity index is 1.42. The van der Waals surface area contributed by atoms with Crippen molar-refractivity contribution < 1.29 is 14.0 Å². The number of nitrogens with zero attached hydrogens (tertiary/aromatic N) is 2. The van der Waals surface area contributed by atoms with E-state index in [-0.39, 0.29) is 0 Å². The van der Waals surface area contributed by atoms with Gasteiger partial charge in [0.15, 0.2) is 0 Å². The van der Waals surface area contributed by atoms with Crippen LogP contribution in [0.5, 0.6) is 11.5 Å². The highest BCUT2D eigenvalue weighted by molar-refractivity contribution is 5.60. The summed E-state index contributed by atoms with van der Waals surface area (Å²) in [4.78, 5) is 4.56. The zero-order chi connectivity index (χ0) is 23.8. The fourth-order valence-electron chi connectivity index (χ4n) is 3.82. The molecule has 5 heteroatoms. The summed E-state index contributed by atoms with van der Waals surface area (Å²) in [5, 5.41) is 4.15. The Bertz CT molecular complexity index is 919. The Hall–Kier alpha value is -2.82. The first-order valence-corrected chi connectivity index (χ1v) is 13.1. The maximum atomic E-state index is 5.88. The third-order valence-corrected chi connectivity index (χ3v) is 5.92. The summed E-state index contributed by atoms with van der Waals surface area (Å²) in [6.07, 6.45) is 13.8. The van der Waals surface area contributed by atoms with Gasteiger partial charge in [0.2, 0.25) is 5.82 Å². The first-order valence-electron chi connectivity index (χ1n) is 13.1. The van der Waals surface area contributed by atoms with Crippen LogP contribution in [0, 0.1) is 0 Å². The predicted octanol–water partition coefficient (Wildman–Crippen LogP) is 8.49. The van der Waals surface area contributed by atoms with Gasteiger partial charge in [0, 0.05) is 11.1 Å². The van der Waals surface area contributed by atoms with Crippen LogP contribution >= 0.6 is 0 Å². The lowest BCUT2D eigenvalue weighted by Gasteiger charge is -2.06. The summed E-state index contributed by atoms with van der Waals surface area (Å²) in [7, 11) is 0. The molecule has 0 unspecified atom stereocenters. The van der Waals surface area contributed by atoms with E-state index in [1.165, 1.54) is 57.8 Å². The number of ether oxygens (including phenoxy) is 2. The molecule has 5 nitrogen and oxygen atoms in total. The molecule has 184 valence electrons. The number of unbranched alkanes of at least 4 members (excludes halogenated alkanes) is 9. The lowest BCUT2D eigenvalue weighted by molar-refractivity contribution is 0.304. The maximum absolute atomic E-state index is 5.88. The van der Waals surface area contributed by atoms with E-state index < -0.39 is 0 Å². The van der Waals surface area contributed by atoms with E-state index in [0.29, 0.717) is 11.7 Å². The second-order valence-electron chi connectivity index (χ2n) is 8.85. The van der Waals surface area contributed by atoms with Gasteiger partial charge in [-0.25, -0.2) is 0 Å². The van der Waals surface area contributed by atoms with Gasteiger partial charge >= 0.3 is 0 Å². The van der Waals surface area contributed by atoms with Crippen molar-refractivity contribution in [3.8, 4) is 34.3 Å². The number of rotatable bonds is 17. The molecule has 1 heterocycles. The van der Waals surface area contributed by atoms with Crippen molar-refractivity contribution in [2.24, 2.45) is 0 Å². The second kappa shape index (κ2) is 15.2. The average molecular weight is 465 g/mol. The Kier molecular flexibility index (Phi) is 11.5. The summed E-state index contributed by atoms with van der Waals surface area (Å²) in [5.41, 5.74) is 1.79. The minimum atomic E-state index is 0.505. The Morgan fingerprint density at radius 2 is 1.06 bits per heavy atom. The van der Waals surface area contributed by atoms with Crippen molar-refractivity contribution in [3.63, 3.8) is 0 Å². The van der Waals surface area contributed by atoms with Crippen molar-refractivity contribution >= 4 is 0 Å². The van der Waals surface area contributed by atoms with Crippen LogP contribution in [-0.4, -0.2) is 23.4 Å². The topological polar surface area (TPSA) is 57.4 Å². The normalized spacial score (nSPS) is 11.0. The molecule has 0 radical (unpaired) electrons. The van der Waals surface area contributed by atoms with E-state index >= 15 is 0 Å². The van der Waals surface area contributed by atoms with Crippen LogP contribution in [0.4, 0.5) is 0 Å². The molecule has 3 rings (SSSR count). The molecular formula is C29H40N2O3. The van der Waals surface area contributed by atoms with Crippen molar-refractivity contribution in [1.29, 1.82) is 0 Å². The third-order valence-electron chi connectivity index (χ3n) is 5.92. The van der Waals surface area contributed by atoms with Gasteiger partial charge in [0.05, 0.1) is 13.2 Å². The lowest BCUT2D eigenvalue weighted by Crippen LogP contribution is -1.97. The molecule has 34 heavy (non-hydrogen) atoms. The molecule has 0 amide bonds. The molecule has 2 aromatic carbocycles. The van der Waals surface area contributed by atoms with Gasteiger partial charge in [-0.2, -0.15) is 4.98 Å². The first-order chi connectivity index (χ1) is 16.8. The maximum Gasteiger partial charge on any atom is 0.258 e. The highest BCUT2D eigenvalue weighted by atomic mass is 16.5. The molecule has 3 aromatic rings. The number of aromatic nitrogens is 2. The molecule has 0 bridgehead atoms. The van der Waals surface area contributed by atoms with Crippen LogP contribution in [0.15, 0.2) is 53.1 Å². The molecule has 0 aliphatic carbocycles. The zero-order valence-corrected chi connectivity index (χ0v) is 20.9. The van der Waals surface area contributed by atoms with Crippen LogP contribution in [0.1, 0.15) is 84.5 Å². The molecule has 0 aliphatic rings. The van der Waals surface area contributed by atoms with Crippen molar-refractivity contribution in [2.75, 3.05) is 13.2 Å². The first kappa shape index (κ1) is 25.8. The monoisotopic (exact) mass is 464 g/mol. The van der Waals surface area contributed by atoms with Crippen LogP contribution in [-0.2, 0) is 0 Å². The smallest absolute Gasteiger partial charge is 0.258 e. The Morgan fingerprint density at radius 1 is 0.588 bits per heavy atom. The molecule has 1 aromatic heterocycles. The number of benzene rings is 2. The summed E-state index contributed by atoms with van der Waals surface area (Å²) in [6.45, 7) is 5.98. The van der Waals surface area contributed by atoms with E-state index in [9.17, 15) is 0 Å². The SMILES string of the molecule is CCCCCCCCCOc1ccc(-c2nc(-c3ccc(OCCCCCC)cc3)no2)cc1. The van der Waals surface area contributed by atoms with E-state index in [2.05, 4.69) is 24.0 Å². The highest BCUT2D eigenvalue weighted by Gasteiger charge is 2.11. The van der Waals surface area contributed by atoms with E-state index in [1.807, 2.05) is 48.5 Å². The van der Waals surface area contributed by atoms with Crippen molar-refractivity contribution in [2.45, 2.75) is 84.5 Å². The molecular weight excluding hydrogens is 424 g/mol. The molecule has 0 atom stereocenters. The average Bonchev–Trinajstić information content (AvgIpc) is 3.37. The largest absolute Gasteiger partial charge is 0.494 e. The minimum Gasteiger partial charge on any atom is -0.494 e. The summed E-state index contributed by atoms with van der Waals surface area (Å²) < 4.78 is 17.2. The predicted molar refractivity (Wildman–Crippen MR) is 138 cm³/mol. The molecule has 0 fully saturated rings. The Morgan fingerprint density at radius 3 is 1.62 bits per heavy atom. The third kappa shape index (κ3) is 8.85. The van der Waals surface area contributed by atoms with Gasteiger partial charge in [-0.3, -0.25) is 0 Å². The minimum absolute atomic E-state index is 0.505. The number of hydrogen-bond acceptors (Lipinski definition) is 5.